The van der Waals surface area contributed by atoms with E-state index < -0.39 is 16.9 Å². The number of ether oxygens (including phenoxy) is 1. The van der Waals surface area contributed by atoms with Crippen molar-refractivity contribution in [2.75, 3.05) is 4.90 Å². The van der Waals surface area contributed by atoms with Crippen LogP contribution in [-0.4, -0.2) is 16.9 Å². The van der Waals surface area contributed by atoms with Crippen molar-refractivity contribution in [2.45, 2.75) is 0 Å². The number of benzene rings is 9. The number of para-hydroxylation sites is 3. The Labute approximate surface area is 330 Å². The van der Waals surface area contributed by atoms with Crippen molar-refractivity contribution < 1.29 is 4.74 Å². The van der Waals surface area contributed by atoms with Gasteiger partial charge in [0, 0.05) is 17.1 Å². The summed E-state index contributed by atoms with van der Waals surface area (Å²) >= 11 is 0. The standard InChI is InChI=1S/C52H36NOSi2/c1-3-18-39(19-4-1)53(40-32-30-38(31-33-40)44-23-15-17-37-16-7-8-22-43(37)44)41-34-35-48-52(36-41)56(49-27-12-9-24-45(49)54-46-25-10-13-28-50(46)56)51-29-14-11-26-47(51)55(48)42-20-5-2-6-21-42/h1-36H. The van der Waals surface area contributed by atoms with Crippen molar-refractivity contribution >= 4 is 81.0 Å². The fourth-order valence-corrected chi connectivity index (χ4v) is 18.9. The molecule has 0 amide bonds. The fraction of sp³-hybridized carbons (Fsp3) is 0. The molecule has 1 spiro atoms. The van der Waals surface area contributed by atoms with Crippen molar-refractivity contribution in [3.8, 4) is 22.6 Å². The van der Waals surface area contributed by atoms with Crippen molar-refractivity contribution in [1.29, 1.82) is 0 Å². The second-order valence-electron chi connectivity index (χ2n) is 14.6. The number of rotatable bonds is 5. The van der Waals surface area contributed by atoms with Gasteiger partial charge in [-0.05, 0) is 91.2 Å². The van der Waals surface area contributed by atoms with Crippen LogP contribution in [0, 0.1) is 0 Å². The first-order valence-electron chi connectivity index (χ1n) is 19.3. The summed E-state index contributed by atoms with van der Waals surface area (Å²) < 4.78 is 6.77. The Balaban J connectivity index is 1.17. The molecule has 56 heavy (non-hydrogen) atoms. The first-order valence-corrected chi connectivity index (χ1v) is 22.8. The summed E-state index contributed by atoms with van der Waals surface area (Å²) in [6.45, 7) is 0. The van der Waals surface area contributed by atoms with Gasteiger partial charge >= 0.3 is 0 Å². The minimum Gasteiger partial charge on any atom is -0.458 e. The Morgan fingerprint density at radius 2 is 0.946 bits per heavy atom. The van der Waals surface area contributed by atoms with E-state index in [0.717, 1.165) is 28.6 Å². The maximum absolute atomic E-state index is 6.77. The molecule has 0 saturated carbocycles. The van der Waals surface area contributed by atoms with Crippen LogP contribution in [0.5, 0.6) is 11.5 Å². The predicted molar refractivity (Wildman–Crippen MR) is 239 cm³/mol. The van der Waals surface area contributed by atoms with E-state index in [0.29, 0.717) is 0 Å². The first kappa shape index (κ1) is 32.7. The molecule has 0 fully saturated rings. The first-order chi connectivity index (χ1) is 27.8. The molecule has 0 unspecified atom stereocenters. The molecule has 2 aliphatic rings. The number of fused-ring (bicyclic) bond motifs is 9. The second-order valence-corrected chi connectivity index (χ2v) is 20.7. The summed E-state index contributed by atoms with van der Waals surface area (Å²) in [4.78, 5) is 2.43. The quantitative estimate of drug-likeness (QED) is 0.165. The van der Waals surface area contributed by atoms with Crippen LogP contribution in [0.4, 0.5) is 17.1 Å². The minimum atomic E-state index is -2.91. The van der Waals surface area contributed by atoms with Gasteiger partial charge in [-0.3, -0.25) is 0 Å². The molecule has 11 rings (SSSR count). The third-order valence-electron chi connectivity index (χ3n) is 11.6. The molecule has 0 N–H and O–H groups in total. The van der Waals surface area contributed by atoms with Gasteiger partial charge in [0.05, 0.1) is 0 Å². The molecule has 9 aromatic carbocycles. The summed E-state index contributed by atoms with van der Waals surface area (Å²) in [5.74, 6) is 1.92. The van der Waals surface area contributed by atoms with E-state index in [9.17, 15) is 0 Å². The monoisotopic (exact) mass is 746 g/mol. The molecule has 0 atom stereocenters. The summed E-state index contributed by atoms with van der Waals surface area (Å²) in [5.41, 5.74) is 5.84. The Kier molecular flexibility index (Phi) is 7.73. The average Bonchev–Trinajstić information content (AvgIpc) is 3.27. The summed E-state index contributed by atoms with van der Waals surface area (Å²) in [6, 6.07) is 80.7. The maximum Gasteiger partial charge on any atom is 0.188 e. The Morgan fingerprint density at radius 1 is 0.393 bits per heavy atom. The minimum absolute atomic E-state index is 0.961. The third kappa shape index (κ3) is 5.00. The van der Waals surface area contributed by atoms with Crippen molar-refractivity contribution in [1.82, 2.24) is 0 Å². The van der Waals surface area contributed by atoms with Gasteiger partial charge in [0.2, 0.25) is 0 Å². The van der Waals surface area contributed by atoms with Gasteiger partial charge in [-0.1, -0.05) is 185 Å². The van der Waals surface area contributed by atoms with Crippen molar-refractivity contribution in [3.05, 3.63) is 218 Å². The van der Waals surface area contributed by atoms with E-state index in [1.807, 2.05) is 0 Å². The van der Waals surface area contributed by atoms with Crippen LogP contribution >= 0.6 is 0 Å². The topological polar surface area (TPSA) is 12.5 Å². The van der Waals surface area contributed by atoms with E-state index in [1.54, 1.807) is 0 Å². The summed E-state index contributed by atoms with van der Waals surface area (Å²) in [7, 11) is -4.28. The van der Waals surface area contributed by atoms with E-state index >= 15 is 0 Å². The molecular formula is C52H36NOSi2. The lowest BCUT2D eigenvalue weighted by Gasteiger charge is -2.46. The van der Waals surface area contributed by atoms with E-state index in [-0.39, 0.29) is 0 Å². The molecule has 2 nitrogen and oxygen atoms in total. The van der Waals surface area contributed by atoms with Gasteiger partial charge in [-0.15, -0.1) is 0 Å². The maximum atomic E-state index is 6.77. The second kappa shape index (κ2) is 13.2. The lowest BCUT2D eigenvalue weighted by atomic mass is 9.98. The van der Waals surface area contributed by atoms with Gasteiger partial charge in [0.25, 0.3) is 0 Å². The Bertz CT molecular complexity index is 2860. The Hall–Kier alpha value is -6.73. The predicted octanol–water partition coefficient (Wildman–Crippen LogP) is 8.29. The number of nitrogens with zero attached hydrogens (tertiary/aromatic N) is 1. The smallest absolute Gasteiger partial charge is 0.188 e. The molecule has 0 aliphatic carbocycles. The highest BCUT2D eigenvalue weighted by molar-refractivity contribution is 7.27. The molecule has 0 bridgehead atoms. The largest absolute Gasteiger partial charge is 0.458 e. The third-order valence-corrected chi connectivity index (χ3v) is 19.9. The molecule has 2 heterocycles. The number of hydrogen-bond acceptors (Lipinski definition) is 2. The van der Waals surface area contributed by atoms with Gasteiger partial charge in [0.1, 0.15) is 11.5 Å². The van der Waals surface area contributed by atoms with Gasteiger partial charge < -0.3 is 9.64 Å². The molecular weight excluding hydrogens is 711 g/mol. The lowest BCUT2D eigenvalue weighted by Crippen LogP contribution is -2.87. The normalized spacial score (nSPS) is 13.6. The molecule has 0 saturated heterocycles. The molecule has 4 heteroatoms. The highest BCUT2D eigenvalue weighted by Crippen LogP contribution is 2.37. The zero-order chi connectivity index (χ0) is 37.1. The van der Waals surface area contributed by atoms with Crippen LogP contribution in [0.15, 0.2) is 218 Å². The number of hydrogen-bond donors (Lipinski definition) is 0. The van der Waals surface area contributed by atoms with Gasteiger partial charge in [-0.25, -0.2) is 0 Å². The molecule has 9 aromatic rings. The van der Waals surface area contributed by atoms with Crippen LogP contribution < -0.4 is 45.9 Å². The van der Waals surface area contributed by atoms with Crippen LogP contribution in [0.2, 0.25) is 0 Å². The Morgan fingerprint density at radius 3 is 1.70 bits per heavy atom. The summed E-state index contributed by atoms with van der Waals surface area (Å²) in [5, 5.41) is 12.4. The van der Waals surface area contributed by atoms with E-state index in [1.165, 1.54) is 58.2 Å². The molecule has 263 valence electrons. The van der Waals surface area contributed by atoms with Crippen molar-refractivity contribution in [3.63, 3.8) is 0 Å². The van der Waals surface area contributed by atoms with Gasteiger partial charge in [0.15, 0.2) is 16.9 Å². The highest BCUT2D eigenvalue weighted by atomic mass is 28.3. The van der Waals surface area contributed by atoms with E-state index in [2.05, 4.69) is 223 Å². The molecule has 1 radical (unpaired) electrons. The number of anilines is 3. The SMILES string of the molecule is c1ccc(N(c2ccc(-c3cccc4ccccc34)cc2)c2ccc3c(c2)[Si]2(c4ccccc4Oc4ccccc42)c2ccccc2[Si]3c2ccccc2)cc1. The van der Waals surface area contributed by atoms with Crippen LogP contribution in [-0.2, 0) is 0 Å². The highest BCUT2D eigenvalue weighted by Gasteiger charge is 2.54. The van der Waals surface area contributed by atoms with Gasteiger partial charge in [-0.2, -0.15) is 0 Å². The average molecular weight is 747 g/mol. The zero-order valence-electron chi connectivity index (χ0n) is 30.6. The van der Waals surface area contributed by atoms with Crippen molar-refractivity contribution in [2.24, 2.45) is 0 Å². The molecule has 0 aromatic heterocycles. The van der Waals surface area contributed by atoms with Crippen LogP contribution in [0.1, 0.15) is 0 Å². The lowest BCUT2D eigenvalue weighted by molar-refractivity contribution is 0.487. The van der Waals surface area contributed by atoms with E-state index in [4.69, 9.17) is 4.74 Å². The zero-order valence-corrected chi connectivity index (χ0v) is 32.6. The van der Waals surface area contributed by atoms with Crippen LogP contribution in [0.3, 0.4) is 0 Å². The van der Waals surface area contributed by atoms with Crippen LogP contribution in [0.25, 0.3) is 21.9 Å². The molecule has 2 aliphatic heterocycles. The summed E-state index contributed by atoms with van der Waals surface area (Å²) in [6.07, 6.45) is 0. The fourth-order valence-electron chi connectivity index (χ4n) is 9.30.